The van der Waals surface area contributed by atoms with Crippen molar-refractivity contribution in [1.29, 1.82) is 0 Å². The van der Waals surface area contributed by atoms with Crippen LogP contribution in [-0.4, -0.2) is 5.91 Å². The highest BCUT2D eigenvalue weighted by atomic mass is 35.5. The van der Waals surface area contributed by atoms with Gasteiger partial charge in [0.1, 0.15) is 5.66 Å². The summed E-state index contributed by atoms with van der Waals surface area (Å²) in [4.78, 5) is 14.4. The zero-order chi connectivity index (χ0) is 13.2. The van der Waals surface area contributed by atoms with E-state index in [0.717, 1.165) is 22.5 Å². The Labute approximate surface area is 115 Å². The second-order valence-electron chi connectivity index (χ2n) is 5.04. The number of nitrogens with one attached hydrogen (secondary N) is 1. The van der Waals surface area contributed by atoms with Crippen LogP contribution in [0.2, 0.25) is 5.02 Å². The molecule has 0 fully saturated rings. The number of hydrogen-bond acceptors (Lipinski definition) is 2. The first-order chi connectivity index (χ1) is 9.11. The van der Waals surface area contributed by atoms with Crippen LogP contribution in [0.1, 0.15) is 22.8 Å². The number of anilines is 2. The molecule has 2 heterocycles. The molecular formula is C15H11ClN2O. The van der Waals surface area contributed by atoms with Gasteiger partial charge in [0.2, 0.25) is 0 Å². The molecule has 1 unspecified atom stereocenters. The van der Waals surface area contributed by atoms with Gasteiger partial charge in [-0.2, -0.15) is 0 Å². The molecule has 3 nitrogen and oxygen atoms in total. The monoisotopic (exact) mass is 270 g/mol. The quantitative estimate of drug-likeness (QED) is 0.793. The van der Waals surface area contributed by atoms with Crippen LogP contribution in [0, 0.1) is 0 Å². The fraction of sp³-hybridized carbons (Fsp3) is 0.133. The summed E-state index contributed by atoms with van der Waals surface area (Å²) in [5.41, 5.74) is 3.03. The molecule has 94 valence electrons. The van der Waals surface area contributed by atoms with E-state index < -0.39 is 5.66 Å². The molecule has 2 aromatic rings. The van der Waals surface area contributed by atoms with E-state index in [-0.39, 0.29) is 5.91 Å². The summed E-state index contributed by atoms with van der Waals surface area (Å²) < 4.78 is 0. The zero-order valence-corrected chi connectivity index (χ0v) is 11.0. The number of carbonyl (C=O) groups excluding carboxylic acids is 1. The minimum atomic E-state index is -0.513. The Bertz CT molecular complexity index is 728. The number of nitrogens with zero attached hydrogens (tertiary/aromatic N) is 1. The molecule has 0 saturated carbocycles. The van der Waals surface area contributed by atoms with Crippen LogP contribution in [0.3, 0.4) is 0 Å². The fourth-order valence-electron chi connectivity index (χ4n) is 3.07. The largest absolute Gasteiger partial charge is 0.357 e. The predicted octanol–water partition coefficient (Wildman–Crippen LogP) is 3.60. The second-order valence-corrected chi connectivity index (χ2v) is 5.48. The molecule has 0 saturated heterocycles. The van der Waals surface area contributed by atoms with E-state index in [1.165, 1.54) is 0 Å². The number of benzene rings is 2. The Hall–Kier alpha value is -2.00. The lowest BCUT2D eigenvalue weighted by atomic mass is 10.0. The Kier molecular flexibility index (Phi) is 1.89. The van der Waals surface area contributed by atoms with Crippen LogP contribution >= 0.6 is 11.6 Å². The summed E-state index contributed by atoms with van der Waals surface area (Å²) in [6, 6.07) is 13.3. The van der Waals surface area contributed by atoms with Crippen molar-refractivity contribution in [3.63, 3.8) is 0 Å². The number of halogens is 1. The van der Waals surface area contributed by atoms with Gasteiger partial charge in [0.15, 0.2) is 0 Å². The number of fused-ring (bicyclic) bond motifs is 5. The Balaban J connectivity index is 1.99. The molecule has 0 aliphatic carbocycles. The Morgan fingerprint density at radius 3 is 2.84 bits per heavy atom. The molecule has 1 N–H and O–H groups in total. The van der Waals surface area contributed by atoms with Crippen LogP contribution in [0.25, 0.3) is 0 Å². The summed E-state index contributed by atoms with van der Waals surface area (Å²) in [6.07, 6.45) is 0. The predicted molar refractivity (Wildman–Crippen MR) is 75.7 cm³/mol. The minimum Gasteiger partial charge on any atom is -0.357 e. The van der Waals surface area contributed by atoms with Crippen LogP contribution < -0.4 is 10.2 Å². The summed E-state index contributed by atoms with van der Waals surface area (Å²) in [6.45, 7) is 2.02. The highest BCUT2D eigenvalue weighted by molar-refractivity contribution is 6.31. The van der Waals surface area contributed by atoms with Crippen molar-refractivity contribution in [3.8, 4) is 0 Å². The van der Waals surface area contributed by atoms with Gasteiger partial charge in [0.25, 0.3) is 5.91 Å². The summed E-state index contributed by atoms with van der Waals surface area (Å²) in [5, 5.41) is 4.07. The third-order valence-electron chi connectivity index (χ3n) is 3.91. The first kappa shape index (κ1) is 10.9. The van der Waals surface area contributed by atoms with E-state index in [9.17, 15) is 4.79 Å². The highest BCUT2D eigenvalue weighted by Crippen LogP contribution is 2.51. The molecule has 1 amide bonds. The lowest BCUT2D eigenvalue weighted by Gasteiger charge is -2.28. The third kappa shape index (κ3) is 1.21. The Morgan fingerprint density at radius 2 is 2.00 bits per heavy atom. The van der Waals surface area contributed by atoms with Crippen molar-refractivity contribution in [1.82, 2.24) is 0 Å². The molecule has 19 heavy (non-hydrogen) atoms. The standard InChI is InChI=1S/C15H11ClN2O/c1-15-11-5-3-2-4-10(11)14(19)18(15)13-8-9(16)6-7-12(13)17-15/h2-8,17H,1H3. The summed E-state index contributed by atoms with van der Waals surface area (Å²) >= 11 is 6.05. The van der Waals surface area contributed by atoms with Gasteiger partial charge in [-0.1, -0.05) is 29.8 Å². The van der Waals surface area contributed by atoms with Gasteiger partial charge in [-0.25, -0.2) is 0 Å². The lowest BCUT2D eigenvalue weighted by Crippen LogP contribution is -2.42. The fourth-order valence-corrected chi connectivity index (χ4v) is 3.24. The van der Waals surface area contributed by atoms with Crippen LogP contribution in [0.15, 0.2) is 42.5 Å². The average molecular weight is 271 g/mol. The molecule has 4 heteroatoms. The zero-order valence-electron chi connectivity index (χ0n) is 10.3. The molecule has 0 bridgehead atoms. The van der Waals surface area contributed by atoms with E-state index in [2.05, 4.69) is 5.32 Å². The normalized spacial score (nSPS) is 22.8. The molecule has 1 atom stereocenters. The van der Waals surface area contributed by atoms with E-state index >= 15 is 0 Å². The van der Waals surface area contributed by atoms with Crippen LogP contribution in [-0.2, 0) is 5.66 Å². The molecule has 2 aliphatic rings. The smallest absolute Gasteiger partial charge is 0.260 e. The van der Waals surface area contributed by atoms with Gasteiger partial charge in [0.05, 0.1) is 11.4 Å². The lowest BCUT2D eigenvalue weighted by molar-refractivity contribution is 0.0986. The van der Waals surface area contributed by atoms with Crippen molar-refractivity contribution in [2.75, 3.05) is 10.2 Å². The van der Waals surface area contributed by atoms with E-state index in [1.54, 1.807) is 4.90 Å². The first-order valence-electron chi connectivity index (χ1n) is 6.13. The van der Waals surface area contributed by atoms with Gasteiger partial charge < -0.3 is 5.32 Å². The van der Waals surface area contributed by atoms with Gasteiger partial charge in [-0.3, -0.25) is 9.69 Å². The third-order valence-corrected chi connectivity index (χ3v) is 4.15. The summed E-state index contributed by atoms with van der Waals surface area (Å²) in [7, 11) is 0. The molecule has 0 radical (unpaired) electrons. The van der Waals surface area contributed by atoms with Gasteiger partial charge >= 0.3 is 0 Å². The maximum atomic E-state index is 12.6. The summed E-state index contributed by atoms with van der Waals surface area (Å²) in [5.74, 6) is 0.0200. The first-order valence-corrected chi connectivity index (χ1v) is 6.51. The molecule has 2 aromatic carbocycles. The van der Waals surface area contributed by atoms with E-state index in [0.29, 0.717) is 5.02 Å². The van der Waals surface area contributed by atoms with E-state index in [4.69, 9.17) is 11.6 Å². The maximum absolute atomic E-state index is 12.6. The van der Waals surface area contributed by atoms with Crippen LogP contribution in [0.4, 0.5) is 11.4 Å². The van der Waals surface area contributed by atoms with Crippen molar-refractivity contribution < 1.29 is 4.79 Å². The minimum absolute atomic E-state index is 0.0200. The molecule has 0 aromatic heterocycles. The number of hydrogen-bond donors (Lipinski definition) is 1. The molecule has 4 rings (SSSR count). The van der Waals surface area contributed by atoms with Crippen molar-refractivity contribution in [3.05, 3.63) is 58.6 Å². The number of rotatable bonds is 0. The van der Waals surface area contributed by atoms with Crippen molar-refractivity contribution >= 4 is 28.9 Å². The molecule has 0 spiro atoms. The Morgan fingerprint density at radius 1 is 1.21 bits per heavy atom. The number of carbonyl (C=O) groups is 1. The average Bonchev–Trinajstić information content (AvgIpc) is 2.81. The topological polar surface area (TPSA) is 32.3 Å². The number of amides is 1. The van der Waals surface area contributed by atoms with E-state index in [1.807, 2.05) is 49.4 Å². The SMILES string of the molecule is CC12Nc3ccc(Cl)cc3N1C(=O)c1ccccc12. The maximum Gasteiger partial charge on any atom is 0.260 e. The molecular weight excluding hydrogens is 260 g/mol. The van der Waals surface area contributed by atoms with Gasteiger partial charge in [-0.15, -0.1) is 0 Å². The van der Waals surface area contributed by atoms with Crippen LogP contribution in [0.5, 0.6) is 0 Å². The van der Waals surface area contributed by atoms with Crippen molar-refractivity contribution in [2.24, 2.45) is 0 Å². The second kappa shape index (κ2) is 3.31. The highest BCUT2D eigenvalue weighted by Gasteiger charge is 2.51. The van der Waals surface area contributed by atoms with Crippen molar-refractivity contribution in [2.45, 2.75) is 12.6 Å². The molecule has 2 aliphatic heterocycles. The van der Waals surface area contributed by atoms with Gasteiger partial charge in [-0.05, 0) is 31.2 Å². The van der Waals surface area contributed by atoms with Gasteiger partial charge in [0, 0.05) is 16.1 Å².